The fraction of sp³-hybridized carbons (Fsp3) is 0.471. The molecule has 8 nitrogen and oxygen atoms in total. The van der Waals surface area contributed by atoms with Crippen molar-refractivity contribution in [1.29, 1.82) is 0 Å². The van der Waals surface area contributed by atoms with Crippen molar-refractivity contribution in [3.05, 3.63) is 24.3 Å². The zero-order valence-corrected chi connectivity index (χ0v) is 18.5. The van der Waals surface area contributed by atoms with Crippen LogP contribution in [0.5, 0.6) is 5.75 Å². The molecule has 154 valence electrons. The molecule has 11 heteroatoms. The average molecular weight is 445 g/mol. The number of thioether (sulfide) groups is 1. The van der Waals surface area contributed by atoms with Crippen LogP contribution < -0.4 is 14.4 Å². The minimum absolute atomic E-state index is 0.180. The normalized spacial score (nSPS) is 11.2. The predicted octanol–water partition coefficient (Wildman–Crippen LogP) is 3.23. The van der Waals surface area contributed by atoms with Crippen molar-refractivity contribution >= 4 is 49.8 Å². The number of rotatable bonds is 11. The molecule has 1 aromatic carbocycles. The van der Waals surface area contributed by atoms with Crippen LogP contribution >= 0.6 is 23.1 Å². The number of carbonyl (C=O) groups is 1. The number of hydrogen-bond acceptors (Lipinski definition) is 8. The maximum Gasteiger partial charge on any atom is 0.232 e. The first-order chi connectivity index (χ1) is 13.3. The molecule has 0 atom stereocenters. The standard InChI is InChI=1S/C17H24N4O4S3/c1-4-12-26-17-20-19-16(27-17)18-15(22)6-5-11-21(28(3,23)24)13-7-9-14(25-2)10-8-13/h7-10H,4-6,11-12H2,1-3H3,(H,18,19,22). The summed E-state index contributed by atoms with van der Waals surface area (Å²) in [6.07, 6.45) is 2.74. The van der Waals surface area contributed by atoms with Crippen molar-refractivity contribution in [2.45, 2.75) is 30.5 Å². The fourth-order valence-corrected chi connectivity index (χ4v) is 4.97. The molecule has 1 amide bonds. The summed E-state index contributed by atoms with van der Waals surface area (Å²) in [7, 11) is -1.92. The monoisotopic (exact) mass is 444 g/mol. The maximum atomic E-state index is 12.1. The number of ether oxygens (including phenoxy) is 1. The first kappa shape index (κ1) is 22.4. The van der Waals surface area contributed by atoms with E-state index in [0.29, 0.717) is 23.0 Å². The summed E-state index contributed by atoms with van der Waals surface area (Å²) in [5, 5.41) is 11.1. The third-order valence-electron chi connectivity index (χ3n) is 3.61. The van der Waals surface area contributed by atoms with E-state index in [9.17, 15) is 13.2 Å². The third-order valence-corrected chi connectivity index (χ3v) is 6.98. The van der Waals surface area contributed by atoms with E-state index in [4.69, 9.17) is 4.74 Å². The van der Waals surface area contributed by atoms with Crippen LogP contribution in [-0.2, 0) is 14.8 Å². The Morgan fingerprint density at radius 3 is 2.61 bits per heavy atom. The maximum absolute atomic E-state index is 12.1. The second-order valence-corrected chi connectivity index (χ2v) is 10.1. The zero-order valence-electron chi connectivity index (χ0n) is 16.0. The molecule has 1 N–H and O–H groups in total. The summed E-state index contributed by atoms with van der Waals surface area (Å²) in [5.41, 5.74) is 0.533. The van der Waals surface area contributed by atoms with Gasteiger partial charge in [-0.05, 0) is 37.1 Å². The Bertz CT molecular complexity index is 869. The van der Waals surface area contributed by atoms with Gasteiger partial charge >= 0.3 is 0 Å². The number of nitrogens with zero attached hydrogens (tertiary/aromatic N) is 3. The molecule has 0 spiro atoms. The Labute approximate surface area is 173 Å². The van der Waals surface area contributed by atoms with Gasteiger partial charge in [0.15, 0.2) is 4.34 Å². The average Bonchev–Trinajstić information content (AvgIpc) is 3.10. The summed E-state index contributed by atoms with van der Waals surface area (Å²) >= 11 is 2.94. The van der Waals surface area contributed by atoms with Crippen LogP contribution in [0, 0.1) is 0 Å². The molecule has 2 rings (SSSR count). The summed E-state index contributed by atoms with van der Waals surface area (Å²) in [5.74, 6) is 1.38. The largest absolute Gasteiger partial charge is 0.497 e. The zero-order chi connectivity index (χ0) is 20.6. The summed E-state index contributed by atoms with van der Waals surface area (Å²) in [4.78, 5) is 12.1. The Hall–Kier alpha value is -1.85. The van der Waals surface area contributed by atoms with Gasteiger partial charge in [0.2, 0.25) is 21.1 Å². The number of sulfonamides is 1. The Kier molecular flexibility index (Phi) is 8.52. The molecule has 0 unspecified atom stereocenters. The van der Waals surface area contributed by atoms with Crippen molar-refractivity contribution in [2.75, 3.05) is 35.3 Å². The van der Waals surface area contributed by atoms with E-state index >= 15 is 0 Å². The molecule has 0 radical (unpaired) electrons. The highest BCUT2D eigenvalue weighted by molar-refractivity contribution is 8.01. The number of anilines is 2. The van der Waals surface area contributed by atoms with Crippen molar-refractivity contribution in [2.24, 2.45) is 0 Å². The third kappa shape index (κ3) is 6.95. The van der Waals surface area contributed by atoms with Crippen molar-refractivity contribution in [1.82, 2.24) is 10.2 Å². The highest BCUT2D eigenvalue weighted by Gasteiger charge is 2.18. The summed E-state index contributed by atoms with van der Waals surface area (Å²) in [6.45, 7) is 2.29. The summed E-state index contributed by atoms with van der Waals surface area (Å²) in [6, 6.07) is 6.75. The van der Waals surface area contributed by atoms with E-state index in [1.165, 1.54) is 15.6 Å². The van der Waals surface area contributed by atoms with Crippen LogP contribution in [-0.4, -0.2) is 50.2 Å². The van der Waals surface area contributed by atoms with Crippen LogP contribution in [0.4, 0.5) is 10.8 Å². The molecular weight excluding hydrogens is 420 g/mol. The van der Waals surface area contributed by atoms with E-state index in [1.54, 1.807) is 43.1 Å². The number of methoxy groups -OCH3 is 1. The molecule has 0 bridgehead atoms. The van der Waals surface area contributed by atoms with Gasteiger partial charge in [0.25, 0.3) is 0 Å². The molecule has 0 saturated carbocycles. The molecule has 1 aromatic heterocycles. The van der Waals surface area contributed by atoms with Gasteiger partial charge in [-0.25, -0.2) is 8.42 Å². The van der Waals surface area contributed by atoms with Crippen molar-refractivity contribution < 1.29 is 17.9 Å². The molecule has 0 saturated heterocycles. The smallest absolute Gasteiger partial charge is 0.232 e. The quantitative estimate of drug-likeness (QED) is 0.419. The van der Waals surface area contributed by atoms with Crippen LogP contribution in [0.15, 0.2) is 28.6 Å². The minimum atomic E-state index is -3.46. The van der Waals surface area contributed by atoms with Crippen LogP contribution in [0.3, 0.4) is 0 Å². The van der Waals surface area contributed by atoms with Gasteiger partial charge in [-0.15, -0.1) is 10.2 Å². The number of benzene rings is 1. The molecule has 28 heavy (non-hydrogen) atoms. The van der Waals surface area contributed by atoms with Crippen molar-refractivity contribution in [3.63, 3.8) is 0 Å². The molecule has 2 aromatic rings. The number of nitrogens with one attached hydrogen (secondary N) is 1. The van der Waals surface area contributed by atoms with E-state index in [0.717, 1.165) is 22.8 Å². The van der Waals surface area contributed by atoms with Crippen LogP contribution in [0.25, 0.3) is 0 Å². The fourth-order valence-electron chi connectivity index (χ4n) is 2.31. The number of amides is 1. The van der Waals surface area contributed by atoms with Gasteiger partial charge in [-0.3, -0.25) is 9.10 Å². The molecule has 0 aliphatic rings. The van der Waals surface area contributed by atoms with Gasteiger partial charge in [0.05, 0.1) is 19.1 Å². The van der Waals surface area contributed by atoms with E-state index in [-0.39, 0.29) is 18.9 Å². The molecule has 0 aliphatic heterocycles. The Morgan fingerprint density at radius 2 is 2.00 bits per heavy atom. The van der Waals surface area contributed by atoms with Crippen LogP contribution in [0.2, 0.25) is 0 Å². The van der Waals surface area contributed by atoms with E-state index in [1.807, 2.05) is 0 Å². The molecule has 1 heterocycles. The lowest BCUT2D eigenvalue weighted by Crippen LogP contribution is -2.31. The van der Waals surface area contributed by atoms with Gasteiger partial charge in [0, 0.05) is 18.7 Å². The lowest BCUT2D eigenvalue weighted by atomic mass is 10.2. The summed E-state index contributed by atoms with van der Waals surface area (Å²) < 4.78 is 31.4. The van der Waals surface area contributed by atoms with Gasteiger partial charge in [0.1, 0.15) is 5.75 Å². The number of hydrogen-bond donors (Lipinski definition) is 1. The first-order valence-electron chi connectivity index (χ1n) is 8.71. The lowest BCUT2D eigenvalue weighted by Gasteiger charge is -2.22. The van der Waals surface area contributed by atoms with E-state index < -0.39 is 10.0 Å². The topological polar surface area (TPSA) is 101 Å². The SMILES string of the molecule is CCCSc1nnc(NC(=O)CCCN(c2ccc(OC)cc2)S(C)(=O)=O)s1. The lowest BCUT2D eigenvalue weighted by molar-refractivity contribution is -0.116. The second kappa shape index (κ2) is 10.6. The van der Waals surface area contributed by atoms with Crippen LogP contribution in [0.1, 0.15) is 26.2 Å². The molecule has 0 aliphatic carbocycles. The Balaban J connectivity index is 1.89. The van der Waals surface area contributed by atoms with Gasteiger partial charge in [-0.1, -0.05) is 30.0 Å². The number of carbonyl (C=O) groups excluding carboxylic acids is 1. The molecular formula is C17H24N4O4S3. The molecule has 0 fully saturated rings. The number of aromatic nitrogens is 2. The van der Waals surface area contributed by atoms with Crippen molar-refractivity contribution in [3.8, 4) is 5.75 Å². The van der Waals surface area contributed by atoms with E-state index in [2.05, 4.69) is 22.4 Å². The minimum Gasteiger partial charge on any atom is -0.497 e. The first-order valence-corrected chi connectivity index (χ1v) is 12.4. The second-order valence-electron chi connectivity index (χ2n) is 5.91. The highest BCUT2D eigenvalue weighted by atomic mass is 32.2. The van der Waals surface area contributed by atoms with Gasteiger partial charge in [-0.2, -0.15) is 0 Å². The highest BCUT2D eigenvalue weighted by Crippen LogP contribution is 2.26. The predicted molar refractivity (Wildman–Crippen MR) is 114 cm³/mol. The Morgan fingerprint density at radius 1 is 1.29 bits per heavy atom. The van der Waals surface area contributed by atoms with Gasteiger partial charge < -0.3 is 10.1 Å².